The minimum atomic E-state index is -1.31. The summed E-state index contributed by atoms with van der Waals surface area (Å²) >= 11 is 0. The number of nitrogens with two attached hydrogens (primary N) is 1. The second-order valence-electron chi connectivity index (χ2n) is 6.04. The van der Waals surface area contributed by atoms with Gasteiger partial charge in [0.05, 0.1) is 16.2 Å². The molecule has 0 fully saturated rings. The summed E-state index contributed by atoms with van der Waals surface area (Å²) in [5.74, 6) is -3.06. The van der Waals surface area contributed by atoms with Crippen molar-refractivity contribution in [2.45, 2.75) is 18.9 Å². The Hall–Kier alpha value is -4.19. The average Bonchev–Trinajstić information content (AvgIpc) is 2.71. The van der Waals surface area contributed by atoms with Gasteiger partial charge in [0.2, 0.25) is 5.91 Å². The van der Waals surface area contributed by atoms with Crippen LogP contribution in [0.25, 0.3) is 0 Å². The SMILES string of the molecule is NC(CCC(=O)Nc1ccc(N=Nc2ccc([N+](=O)[O-])cc2)c(C(=O)O)c1)C(=O)O. The zero-order valence-electron chi connectivity index (χ0n) is 15.4. The second-order valence-corrected chi connectivity index (χ2v) is 6.04. The smallest absolute Gasteiger partial charge is 0.338 e. The summed E-state index contributed by atoms with van der Waals surface area (Å²) in [6, 6.07) is 7.94. The predicted octanol–water partition coefficient (Wildman–Crippen LogP) is 2.84. The van der Waals surface area contributed by atoms with Crippen molar-refractivity contribution in [3.63, 3.8) is 0 Å². The maximum atomic E-state index is 11.9. The number of carboxylic acid groups (broad SMARTS) is 2. The average molecular weight is 415 g/mol. The Balaban J connectivity index is 2.12. The first-order valence-corrected chi connectivity index (χ1v) is 8.49. The number of carboxylic acids is 2. The van der Waals surface area contributed by atoms with Crippen LogP contribution in [0.3, 0.4) is 0 Å². The molecule has 30 heavy (non-hydrogen) atoms. The summed E-state index contributed by atoms with van der Waals surface area (Å²) in [4.78, 5) is 44.2. The van der Waals surface area contributed by atoms with E-state index in [-0.39, 0.29) is 41.2 Å². The van der Waals surface area contributed by atoms with Crippen molar-refractivity contribution in [1.82, 2.24) is 0 Å². The number of carbonyl (C=O) groups is 3. The predicted molar refractivity (Wildman–Crippen MR) is 104 cm³/mol. The summed E-state index contributed by atoms with van der Waals surface area (Å²) in [7, 11) is 0. The highest BCUT2D eigenvalue weighted by Gasteiger charge is 2.15. The molecule has 12 heteroatoms. The van der Waals surface area contributed by atoms with Gasteiger partial charge in [-0.3, -0.25) is 19.7 Å². The van der Waals surface area contributed by atoms with E-state index in [2.05, 4.69) is 15.5 Å². The Labute approximate surface area is 169 Å². The van der Waals surface area contributed by atoms with Crippen LogP contribution in [0.4, 0.5) is 22.7 Å². The van der Waals surface area contributed by atoms with Crippen molar-refractivity contribution in [3.8, 4) is 0 Å². The molecule has 2 aromatic carbocycles. The van der Waals surface area contributed by atoms with Gasteiger partial charge in [-0.1, -0.05) is 0 Å². The maximum Gasteiger partial charge on any atom is 0.338 e. The number of amides is 1. The van der Waals surface area contributed by atoms with Gasteiger partial charge in [-0.15, -0.1) is 5.11 Å². The standard InChI is InChI=1S/C18H17N5O7/c19-14(18(27)28)6-8-16(24)20-11-3-7-15(13(9-11)17(25)26)22-21-10-1-4-12(5-2-10)23(29)30/h1-5,7,9,14H,6,8,19H2,(H,20,24)(H,25,26)(H,27,28). The normalized spacial score (nSPS) is 11.8. The number of anilines is 1. The number of nitro groups is 1. The zero-order chi connectivity index (χ0) is 22.3. The number of benzene rings is 2. The molecule has 0 aliphatic carbocycles. The van der Waals surface area contributed by atoms with Crippen LogP contribution < -0.4 is 11.1 Å². The zero-order valence-corrected chi connectivity index (χ0v) is 15.4. The van der Waals surface area contributed by atoms with E-state index in [0.717, 1.165) is 0 Å². The van der Waals surface area contributed by atoms with Crippen molar-refractivity contribution in [2.24, 2.45) is 16.0 Å². The number of carbonyl (C=O) groups excluding carboxylic acids is 1. The Morgan fingerprint density at radius 3 is 2.33 bits per heavy atom. The summed E-state index contributed by atoms with van der Waals surface area (Å²) in [5, 5.41) is 38.9. The molecule has 0 bridgehead atoms. The number of aromatic carboxylic acids is 1. The number of hydrogen-bond donors (Lipinski definition) is 4. The molecule has 0 heterocycles. The fraction of sp³-hybridized carbons (Fsp3) is 0.167. The molecule has 1 atom stereocenters. The molecule has 1 amide bonds. The van der Waals surface area contributed by atoms with Gasteiger partial charge in [0.1, 0.15) is 11.7 Å². The minimum Gasteiger partial charge on any atom is -0.480 e. The van der Waals surface area contributed by atoms with Gasteiger partial charge in [-0.2, -0.15) is 5.11 Å². The molecular weight excluding hydrogens is 398 g/mol. The Morgan fingerprint density at radius 1 is 1.10 bits per heavy atom. The first-order valence-electron chi connectivity index (χ1n) is 8.49. The van der Waals surface area contributed by atoms with E-state index in [0.29, 0.717) is 0 Å². The monoisotopic (exact) mass is 415 g/mol. The molecule has 2 aromatic rings. The molecule has 156 valence electrons. The highest BCUT2D eigenvalue weighted by atomic mass is 16.6. The number of rotatable bonds is 9. The van der Waals surface area contributed by atoms with Crippen LogP contribution in [0, 0.1) is 10.1 Å². The van der Waals surface area contributed by atoms with Crippen LogP contribution in [0.2, 0.25) is 0 Å². The first-order chi connectivity index (χ1) is 14.2. The van der Waals surface area contributed by atoms with Crippen molar-refractivity contribution >= 4 is 40.6 Å². The molecule has 1 unspecified atom stereocenters. The van der Waals surface area contributed by atoms with Gasteiger partial charge in [0.25, 0.3) is 5.69 Å². The highest BCUT2D eigenvalue weighted by Crippen LogP contribution is 2.26. The molecule has 5 N–H and O–H groups in total. The number of non-ortho nitro benzene ring substituents is 1. The van der Waals surface area contributed by atoms with Crippen molar-refractivity contribution in [1.29, 1.82) is 0 Å². The third-order valence-electron chi connectivity index (χ3n) is 3.84. The van der Waals surface area contributed by atoms with Crippen LogP contribution in [-0.2, 0) is 9.59 Å². The molecule has 0 aliphatic heterocycles. The quantitative estimate of drug-likeness (QED) is 0.272. The molecule has 0 aliphatic rings. The number of hydrogen-bond acceptors (Lipinski definition) is 8. The lowest BCUT2D eigenvalue weighted by Gasteiger charge is -2.09. The summed E-state index contributed by atoms with van der Waals surface area (Å²) in [5.41, 5.74) is 5.44. The lowest BCUT2D eigenvalue weighted by Crippen LogP contribution is -2.31. The first kappa shape index (κ1) is 22.1. The lowest BCUT2D eigenvalue weighted by molar-refractivity contribution is -0.384. The fourth-order valence-electron chi connectivity index (χ4n) is 2.26. The number of azo groups is 1. The number of nitro benzene ring substituents is 1. The van der Waals surface area contributed by atoms with E-state index in [9.17, 15) is 29.6 Å². The van der Waals surface area contributed by atoms with Gasteiger partial charge >= 0.3 is 11.9 Å². The largest absolute Gasteiger partial charge is 0.480 e. The third kappa shape index (κ3) is 6.17. The van der Waals surface area contributed by atoms with Crippen LogP contribution in [-0.4, -0.2) is 39.0 Å². The van der Waals surface area contributed by atoms with Crippen molar-refractivity contribution in [2.75, 3.05) is 5.32 Å². The Morgan fingerprint density at radius 2 is 1.77 bits per heavy atom. The van der Waals surface area contributed by atoms with E-state index in [1.54, 1.807) is 0 Å². The fourth-order valence-corrected chi connectivity index (χ4v) is 2.26. The van der Waals surface area contributed by atoms with Crippen LogP contribution >= 0.6 is 0 Å². The van der Waals surface area contributed by atoms with Crippen LogP contribution in [0.15, 0.2) is 52.7 Å². The maximum absolute atomic E-state index is 11.9. The third-order valence-corrected chi connectivity index (χ3v) is 3.84. The molecule has 0 saturated carbocycles. The molecule has 0 spiro atoms. The van der Waals surface area contributed by atoms with Gasteiger partial charge < -0.3 is 21.3 Å². The summed E-state index contributed by atoms with van der Waals surface area (Å²) in [6.07, 6.45) is -0.230. The molecule has 2 rings (SSSR count). The van der Waals surface area contributed by atoms with E-state index in [4.69, 9.17) is 10.8 Å². The van der Waals surface area contributed by atoms with Crippen molar-refractivity contribution in [3.05, 3.63) is 58.1 Å². The second kappa shape index (κ2) is 9.84. The Kier molecular flexibility index (Phi) is 7.25. The topological polar surface area (TPSA) is 198 Å². The van der Waals surface area contributed by atoms with Crippen LogP contribution in [0.5, 0.6) is 0 Å². The number of nitrogens with zero attached hydrogens (tertiary/aromatic N) is 3. The van der Waals surface area contributed by atoms with E-state index in [1.165, 1.54) is 42.5 Å². The molecule has 0 aromatic heterocycles. The van der Waals surface area contributed by atoms with E-state index >= 15 is 0 Å². The molecule has 12 nitrogen and oxygen atoms in total. The van der Waals surface area contributed by atoms with Gasteiger partial charge in [0.15, 0.2) is 0 Å². The van der Waals surface area contributed by atoms with Gasteiger partial charge in [-0.25, -0.2) is 4.79 Å². The summed E-state index contributed by atoms with van der Waals surface area (Å²) in [6.45, 7) is 0. The van der Waals surface area contributed by atoms with Gasteiger partial charge in [-0.05, 0) is 36.8 Å². The molecule has 0 saturated heterocycles. The lowest BCUT2D eigenvalue weighted by atomic mass is 10.1. The highest BCUT2D eigenvalue weighted by molar-refractivity contribution is 5.97. The summed E-state index contributed by atoms with van der Waals surface area (Å²) < 4.78 is 0. The Bertz CT molecular complexity index is 1000. The minimum absolute atomic E-state index is 0.00625. The number of nitrogens with one attached hydrogen (secondary N) is 1. The number of aliphatic carboxylic acids is 1. The molecule has 0 radical (unpaired) electrons. The van der Waals surface area contributed by atoms with Crippen LogP contribution in [0.1, 0.15) is 23.2 Å². The van der Waals surface area contributed by atoms with E-state index < -0.39 is 28.8 Å². The van der Waals surface area contributed by atoms with Crippen molar-refractivity contribution < 1.29 is 29.5 Å². The molecular formula is C18H17N5O7. The van der Waals surface area contributed by atoms with E-state index in [1.807, 2.05) is 0 Å². The van der Waals surface area contributed by atoms with Gasteiger partial charge in [0, 0.05) is 24.2 Å².